The summed E-state index contributed by atoms with van der Waals surface area (Å²) >= 11 is 0. The van der Waals surface area contributed by atoms with Crippen molar-refractivity contribution in [3.63, 3.8) is 0 Å². The zero-order chi connectivity index (χ0) is 11.4. The molecule has 0 fully saturated rings. The molecule has 0 saturated carbocycles. The minimum absolute atomic E-state index is 0.174. The molecule has 82 valence electrons. The molecule has 0 aliphatic heterocycles. The van der Waals surface area contributed by atoms with Gasteiger partial charge in [-0.2, -0.15) is 0 Å². The maximum absolute atomic E-state index is 11.7. The monoisotopic (exact) mass is 206 g/mol. The Hall–Kier alpha value is -1.31. The van der Waals surface area contributed by atoms with Crippen molar-refractivity contribution in [2.24, 2.45) is 5.92 Å². The quantitative estimate of drug-likeness (QED) is 0.661. The average Bonchev–Trinajstić information content (AvgIpc) is 2.19. The van der Waals surface area contributed by atoms with Crippen molar-refractivity contribution >= 4 is 5.78 Å². The van der Waals surface area contributed by atoms with Gasteiger partial charge in [-0.25, -0.2) is 0 Å². The topological polar surface area (TPSA) is 26.3 Å². The van der Waals surface area contributed by atoms with Gasteiger partial charge in [0.2, 0.25) is 0 Å². The molecule has 1 rings (SSSR count). The van der Waals surface area contributed by atoms with Gasteiger partial charge in [-0.05, 0) is 19.8 Å². The summed E-state index contributed by atoms with van der Waals surface area (Å²) in [5.74, 6) is 1.22. The number of hydrogen-bond acceptors (Lipinski definition) is 2. The number of Topliss-reactive ketones (excluding diaryl/α,β-unsaturated/α-hetero) is 1. The fraction of sp³-hybridized carbons (Fsp3) is 0.462. The summed E-state index contributed by atoms with van der Waals surface area (Å²) < 4.78 is 5.49. The highest BCUT2D eigenvalue weighted by molar-refractivity contribution is 5.96. The van der Waals surface area contributed by atoms with E-state index in [-0.39, 0.29) is 11.7 Å². The van der Waals surface area contributed by atoms with Crippen LogP contribution in [0.3, 0.4) is 0 Å². The second-order valence-electron chi connectivity index (χ2n) is 4.02. The van der Waals surface area contributed by atoms with E-state index in [0.29, 0.717) is 13.0 Å². The lowest BCUT2D eigenvalue weighted by molar-refractivity contribution is -0.117. The molecule has 0 heterocycles. The predicted octanol–water partition coefficient (Wildman–Crippen LogP) is 3.02. The highest BCUT2D eigenvalue weighted by Crippen LogP contribution is 2.31. The molecule has 0 spiro atoms. The lowest BCUT2D eigenvalue weighted by Crippen LogP contribution is -2.20. The van der Waals surface area contributed by atoms with Gasteiger partial charge in [-0.3, -0.25) is 4.79 Å². The van der Waals surface area contributed by atoms with Crippen molar-refractivity contribution in [3.05, 3.63) is 36.1 Å². The van der Waals surface area contributed by atoms with E-state index in [1.165, 1.54) is 0 Å². The Morgan fingerprint density at radius 1 is 1.60 bits per heavy atom. The number of carbonyl (C=O) groups excluding carboxylic acids is 1. The Bertz CT molecular complexity index is 323. The van der Waals surface area contributed by atoms with E-state index >= 15 is 0 Å². The van der Waals surface area contributed by atoms with Crippen LogP contribution in [0.25, 0.3) is 0 Å². The maximum Gasteiger partial charge on any atom is 0.162 e. The molecule has 0 amide bonds. The number of hydrogen-bond donors (Lipinski definition) is 0. The van der Waals surface area contributed by atoms with Gasteiger partial charge in [-0.1, -0.05) is 24.8 Å². The van der Waals surface area contributed by atoms with Gasteiger partial charge in [-0.15, -0.1) is 0 Å². The number of carbonyl (C=O) groups is 1. The summed E-state index contributed by atoms with van der Waals surface area (Å²) in [5.41, 5.74) is 1.81. The summed E-state index contributed by atoms with van der Waals surface area (Å²) in [5, 5.41) is 0. The summed E-state index contributed by atoms with van der Waals surface area (Å²) in [6, 6.07) is 0. The number of rotatable bonds is 4. The Kier molecular flexibility index (Phi) is 3.89. The van der Waals surface area contributed by atoms with Crippen molar-refractivity contribution in [2.45, 2.75) is 26.7 Å². The van der Waals surface area contributed by atoms with Gasteiger partial charge < -0.3 is 4.74 Å². The Morgan fingerprint density at radius 2 is 2.27 bits per heavy atom. The molecule has 15 heavy (non-hydrogen) atoms. The van der Waals surface area contributed by atoms with Crippen LogP contribution in [0.2, 0.25) is 0 Å². The van der Waals surface area contributed by atoms with Crippen molar-refractivity contribution in [1.29, 1.82) is 0 Å². The van der Waals surface area contributed by atoms with E-state index in [2.05, 4.69) is 13.2 Å². The van der Waals surface area contributed by atoms with Crippen LogP contribution in [0.5, 0.6) is 0 Å². The van der Waals surface area contributed by atoms with Gasteiger partial charge in [0.05, 0.1) is 0 Å². The molecule has 0 radical (unpaired) electrons. The molecule has 0 aromatic rings. The lowest BCUT2D eigenvalue weighted by atomic mass is 9.84. The molecule has 0 bridgehead atoms. The van der Waals surface area contributed by atoms with Crippen LogP contribution in [0.1, 0.15) is 26.7 Å². The molecule has 1 aliphatic rings. The van der Waals surface area contributed by atoms with Crippen LogP contribution >= 0.6 is 0 Å². The minimum atomic E-state index is 0.174. The van der Waals surface area contributed by atoms with Gasteiger partial charge in [0.25, 0.3) is 0 Å². The summed E-state index contributed by atoms with van der Waals surface area (Å²) in [6.45, 7) is 11.7. The first kappa shape index (κ1) is 11.8. The SMILES string of the molecule is C=CCOC1=C(C)C(=O)CC(C(=C)C)C1. The first-order chi connectivity index (χ1) is 7.06. The molecule has 1 unspecified atom stereocenters. The zero-order valence-electron chi connectivity index (χ0n) is 9.51. The van der Waals surface area contributed by atoms with Crippen molar-refractivity contribution in [2.75, 3.05) is 6.61 Å². The first-order valence-electron chi connectivity index (χ1n) is 5.18. The Balaban J connectivity index is 2.81. The van der Waals surface area contributed by atoms with Crippen LogP contribution in [-0.2, 0) is 9.53 Å². The van der Waals surface area contributed by atoms with E-state index < -0.39 is 0 Å². The molecule has 1 aliphatic carbocycles. The minimum Gasteiger partial charge on any atom is -0.493 e. The van der Waals surface area contributed by atoms with E-state index in [9.17, 15) is 4.79 Å². The highest BCUT2D eigenvalue weighted by Gasteiger charge is 2.26. The molecule has 1 atom stereocenters. The smallest absolute Gasteiger partial charge is 0.162 e. The second kappa shape index (κ2) is 4.96. The molecule has 2 heteroatoms. The Morgan fingerprint density at radius 3 is 2.80 bits per heavy atom. The lowest BCUT2D eigenvalue weighted by Gasteiger charge is -2.25. The van der Waals surface area contributed by atoms with Gasteiger partial charge in [0, 0.05) is 18.4 Å². The van der Waals surface area contributed by atoms with Gasteiger partial charge in [0.1, 0.15) is 12.4 Å². The molecule has 0 aromatic heterocycles. The molecule has 0 N–H and O–H groups in total. The number of ketones is 1. The van der Waals surface area contributed by atoms with Crippen LogP contribution in [-0.4, -0.2) is 12.4 Å². The summed E-state index contributed by atoms with van der Waals surface area (Å²) in [7, 11) is 0. The fourth-order valence-electron chi connectivity index (χ4n) is 1.66. The fourth-order valence-corrected chi connectivity index (χ4v) is 1.66. The van der Waals surface area contributed by atoms with E-state index in [1.54, 1.807) is 6.08 Å². The molecular weight excluding hydrogens is 188 g/mol. The van der Waals surface area contributed by atoms with Crippen LogP contribution in [0.4, 0.5) is 0 Å². The third kappa shape index (κ3) is 2.82. The largest absolute Gasteiger partial charge is 0.493 e. The highest BCUT2D eigenvalue weighted by atomic mass is 16.5. The third-order valence-electron chi connectivity index (χ3n) is 2.77. The normalized spacial score (nSPS) is 21.5. The second-order valence-corrected chi connectivity index (χ2v) is 4.02. The summed E-state index contributed by atoms with van der Waals surface area (Å²) in [6.07, 6.45) is 3.05. The molecular formula is C13H18O2. The Labute approximate surface area is 91.3 Å². The van der Waals surface area contributed by atoms with Crippen molar-refractivity contribution in [3.8, 4) is 0 Å². The van der Waals surface area contributed by atoms with Gasteiger partial charge in [0.15, 0.2) is 5.78 Å². The molecule has 2 nitrogen and oxygen atoms in total. The number of ether oxygens (including phenoxy) is 1. The standard InChI is InChI=1S/C13H18O2/c1-5-6-15-13-8-11(9(2)3)7-12(14)10(13)4/h5,11H,1-2,6-8H2,3-4H3. The van der Waals surface area contributed by atoms with E-state index in [1.807, 2.05) is 13.8 Å². The maximum atomic E-state index is 11.7. The zero-order valence-corrected chi connectivity index (χ0v) is 9.51. The van der Waals surface area contributed by atoms with Crippen LogP contribution in [0, 0.1) is 5.92 Å². The van der Waals surface area contributed by atoms with Gasteiger partial charge >= 0.3 is 0 Å². The van der Waals surface area contributed by atoms with E-state index in [0.717, 1.165) is 23.3 Å². The number of allylic oxidation sites excluding steroid dienone is 3. The average molecular weight is 206 g/mol. The molecule has 0 saturated heterocycles. The van der Waals surface area contributed by atoms with Crippen LogP contribution < -0.4 is 0 Å². The third-order valence-corrected chi connectivity index (χ3v) is 2.77. The predicted molar refractivity (Wildman–Crippen MR) is 61.4 cm³/mol. The van der Waals surface area contributed by atoms with Crippen molar-refractivity contribution in [1.82, 2.24) is 0 Å². The van der Waals surface area contributed by atoms with Crippen LogP contribution in [0.15, 0.2) is 36.1 Å². The summed E-state index contributed by atoms with van der Waals surface area (Å²) in [4.78, 5) is 11.7. The molecule has 0 aromatic carbocycles. The first-order valence-corrected chi connectivity index (χ1v) is 5.18. The van der Waals surface area contributed by atoms with E-state index in [4.69, 9.17) is 4.74 Å². The van der Waals surface area contributed by atoms with Crippen molar-refractivity contribution < 1.29 is 9.53 Å².